The van der Waals surface area contributed by atoms with Crippen LogP contribution >= 0.6 is 11.8 Å². The Bertz CT molecular complexity index is 856. The van der Waals surface area contributed by atoms with Crippen molar-refractivity contribution in [2.45, 2.75) is 16.5 Å². The SMILES string of the molecule is CNC(=O)C1CN(C(=O)c2ccc(SC(F)(F)F)cc2)c2ccccc2O1. The number of nitrogens with one attached hydrogen (secondary N) is 1. The largest absolute Gasteiger partial charge is 0.477 e. The molecule has 0 fully saturated rings. The van der Waals surface area contributed by atoms with Crippen LogP contribution in [0, 0.1) is 0 Å². The number of ether oxygens (including phenoxy) is 1. The number of likely N-dealkylation sites (N-methyl/N-ethyl adjacent to an activating group) is 1. The molecule has 2 aromatic rings. The van der Waals surface area contributed by atoms with Crippen LogP contribution in [0.25, 0.3) is 0 Å². The molecule has 0 bridgehead atoms. The normalized spacial score (nSPS) is 16.3. The van der Waals surface area contributed by atoms with E-state index in [1.165, 1.54) is 36.2 Å². The van der Waals surface area contributed by atoms with Crippen molar-refractivity contribution >= 4 is 29.3 Å². The minimum atomic E-state index is -4.39. The van der Waals surface area contributed by atoms with Gasteiger partial charge in [-0.05, 0) is 48.2 Å². The van der Waals surface area contributed by atoms with E-state index in [0.29, 0.717) is 11.4 Å². The Morgan fingerprint density at radius 3 is 2.44 bits per heavy atom. The number of anilines is 1. The lowest BCUT2D eigenvalue weighted by atomic mass is 10.1. The molecule has 9 heteroatoms. The zero-order valence-corrected chi connectivity index (χ0v) is 14.9. The molecule has 1 heterocycles. The summed E-state index contributed by atoms with van der Waals surface area (Å²) < 4.78 is 43.0. The highest BCUT2D eigenvalue weighted by molar-refractivity contribution is 8.00. The number of hydrogen-bond acceptors (Lipinski definition) is 4. The van der Waals surface area contributed by atoms with Gasteiger partial charge in [-0.25, -0.2) is 0 Å². The maximum atomic E-state index is 12.9. The van der Waals surface area contributed by atoms with Gasteiger partial charge in [0.1, 0.15) is 5.75 Å². The fourth-order valence-corrected chi connectivity index (χ4v) is 3.22. The molecule has 1 N–H and O–H groups in total. The van der Waals surface area contributed by atoms with Gasteiger partial charge in [0.2, 0.25) is 0 Å². The Morgan fingerprint density at radius 2 is 1.81 bits per heavy atom. The Kier molecular flexibility index (Phi) is 5.31. The minimum Gasteiger partial charge on any atom is -0.477 e. The highest BCUT2D eigenvalue weighted by Gasteiger charge is 2.34. The van der Waals surface area contributed by atoms with Crippen LogP contribution < -0.4 is 15.0 Å². The van der Waals surface area contributed by atoms with Crippen LogP contribution in [-0.4, -0.2) is 37.0 Å². The quantitative estimate of drug-likeness (QED) is 0.808. The maximum absolute atomic E-state index is 12.9. The Labute approximate surface area is 157 Å². The number of carbonyl (C=O) groups excluding carboxylic acids is 2. The van der Waals surface area contributed by atoms with Crippen molar-refractivity contribution in [1.82, 2.24) is 5.32 Å². The second-order valence-electron chi connectivity index (χ2n) is 5.68. The van der Waals surface area contributed by atoms with Crippen molar-refractivity contribution in [2.75, 3.05) is 18.5 Å². The van der Waals surface area contributed by atoms with E-state index in [1.807, 2.05) is 0 Å². The van der Waals surface area contributed by atoms with E-state index in [4.69, 9.17) is 4.74 Å². The second kappa shape index (κ2) is 7.51. The number of para-hydroxylation sites is 2. The van der Waals surface area contributed by atoms with E-state index < -0.39 is 17.5 Å². The lowest BCUT2D eigenvalue weighted by molar-refractivity contribution is -0.127. The van der Waals surface area contributed by atoms with Gasteiger partial charge in [-0.1, -0.05) is 12.1 Å². The number of carbonyl (C=O) groups is 2. The first-order valence-corrected chi connectivity index (χ1v) is 8.75. The van der Waals surface area contributed by atoms with Crippen molar-refractivity contribution in [3.05, 3.63) is 54.1 Å². The molecule has 0 radical (unpaired) electrons. The first-order valence-electron chi connectivity index (χ1n) is 7.93. The molecule has 142 valence electrons. The Morgan fingerprint density at radius 1 is 1.15 bits per heavy atom. The van der Waals surface area contributed by atoms with Crippen molar-refractivity contribution in [3.63, 3.8) is 0 Å². The van der Waals surface area contributed by atoms with Crippen LogP contribution in [0.1, 0.15) is 10.4 Å². The maximum Gasteiger partial charge on any atom is 0.446 e. The molecule has 0 aromatic heterocycles. The zero-order chi connectivity index (χ0) is 19.6. The predicted molar refractivity (Wildman–Crippen MR) is 95.0 cm³/mol. The summed E-state index contributed by atoms with van der Waals surface area (Å²) in [6.07, 6.45) is -0.881. The fraction of sp³-hybridized carbons (Fsp3) is 0.222. The van der Waals surface area contributed by atoms with E-state index in [2.05, 4.69) is 5.32 Å². The summed E-state index contributed by atoms with van der Waals surface area (Å²) in [4.78, 5) is 26.3. The predicted octanol–water partition coefficient (Wildman–Crippen LogP) is 3.45. The molecule has 0 spiro atoms. The molecule has 1 atom stereocenters. The third-order valence-corrected chi connectivity index (χ3v) is 4.63. The number of hydrogen-bond donors (Lipinski definition) is 1. The summed E-state index contributed by atoms with van der Waals surface area (Å²) in [5.74, 6) is -0.419. The number of alkyl halides is 3. The van der Waals surface area contributed by atoms with Gasteiger partial charge in [-0.2, -0.15) is 13.2 Å². The van der Waals surface area contributed by atoms with Gasteiger partial charge in [0.05, 0.1) is 12.2 Å². The van der Waals surface area contributed by atoms with Crippen molar-refractivity contribution in [3.8, 4) is 5.75 Å². The summed E-state index contributed by atoms with van der Waals surface area (Å²) in [5.41, 5.74) is -3.68. The number of benzene rings is 2. The number of fused-ring (bicyclic) bond motifs is 1. The highest BCUT2D eigenvalue weighted by Crippen LogP contribution is 2.37. The average molecular weight is 396 g/mol. The standard InChI is InChI=1S/C18H15F3N2O3S/c1-22-16(24)15-10-23(13-4-2-3-5-14(13)26-15)17(25)11-6-8-12(9-7-11)27-18(19,20)21/h2-9,15H,10H2,1H3,(H,22,24). The molecule has 2 amide bonds. The Hall–Kier alpha value is -2.68. The van der Waals surface area contributed by atoms with E-state index in [1.54, 1.807) is 24.3 Å². The number of halogens is 3. The molecule has 0 saturated carbocycles. The summed E-state index contributed by atoms with van der Waals surface area (Å²) in [6, 6.07) is 11.9. The first kappa shape index (κ1) is 19.1. The van der Waals surface area contributed by atoms with Gasteiger partial charge in [0.25, 0.3) is 11.8 Å². The monoisotopic (exact) mass is 396 g/mol. The second-order valence-corrected chi connectivity index (χ2v) is 6.81. The van der Waals surface area contributed by atoms with Crippen molar-refractivity contribution < 1.29 is 27.5 Å². The summed E-state index contributed by atoms with van der Waals surface area (Å²) in [6.45, 7) is -0.00538. The summed E-state index contributed by atoms with van der Waals surface area (Å²) >= 11 is -0.245. The highest BCUT2D eigenvalue weighted by atomic mass is 32.2. The van der Waals surface area contributed by atoms with E-state index in [9.17, 15) is 22.8 Å². The number of amides is 2. The molecule has 0 saturated heterocycles. The molecule has 0 aliphatic carbocycles. The van der Waals surface area contributed by atoms with Crippen molar-refractivity contribution in [1.29, 1.82) is 0 Å². The van der Waals surface area contributed by atoms with Gasteiger partial charge < -0.3 is 15.0 Å². The number of rotatable bonds is 3. The Balaban J connectivity index is 1.87. The molecule has 1 aliphatic heterocycles. The topological polar surface area (TPSA) is 58.6 Å². The van der Waals surface area contributed by atoms with Gasteiger partial charge in [-0.3, -0.25) is 9.59 Å². The molecule has 1 aliphatic rings. The molecule has 1 unspecified atom stereocenters. The number of thioether (sulfide) groups is 1. The van der Waals surface area contributed by atoms with E-state index >= 15 is 0 Å². The first-order chi connectivity index (χ1) is 12.8. The lowest BCUT2D eigenvalue weighted by Gasteiger charge is -2.34. The molecule has 2 aromatic carbocycles. The number of nitrogens with zero attached hydrogens (tertiary/aromatic N) is 1. The lowest BCUT2D eigenvalue weighted by Crippen LogP contribution is -2.50. The molecule has 5 nitrogen and oxygen atoms in total. The van der Waals surface area contributed by atoms with E-state index in [0.717, 1.165) is 0 Å². The summed E-state index contributed by atoms with van der Waals surface area (Å²) in [7, 11) is 1.47. The van der Waals surface area contributed by atoms with Crippen LogP contribution in [0.15, 0.2) is 53.4 Å². The zero-order valence-electron chi connectivity index (χ0n) is 14.1. The van der Waals surface area contributed by atoms with Crippen LogP contribution in [0.3, 0.4) is 0 Å². The van der Waals surface area contributed by atoms with Crippen molar-refractivity contribution in [2.24, 2.45) is 0 Å². The third kappa shape index (κ3) is 4.36. The van der Waals surface area contributed by atoms with Crippen LogP contribution in [-0.2, 0) is 4.79 Å². The molecular formula is C18H15F3N2O3S. The van der Waals surface area contributed by atoms with Crippen LogP contribution in [0.5, 0.6) is 5.75 Å². The smallest absolute Gasteiger partial charge is 0.446 e. The van der Waals surface area contributed by atoms with Crippen LogP contribution in [0.4, 0.5) is 18.9 Å². The van der Waals surface area contributed by atoms with Gasteiger partial charge >= 0.3 is 5.51 Å². The fourth-order valence-electron chi connectivity index (χ4n) is 2.68. The molecule has 27 heavy (non-hydrogen) atoms. The third-order valence-electron chi connectivity index (χ3n) is 3.89. The van der Waals surface area contributed by atoms with E-state index in [-0.39, 0.29) is 34.7 Å². The minimum absolute atomic E-state index is 0.00538. The molecule has 3 rings (SSSR count). The average Bonchev–Trinajstić information content (AvgIpc) is 2.65. The van der Waals surface area contributed by atoms with Crippen LogP contribution in [0.2, 0.25) is 0 Å². The van der Waals surface area contributed by atoms with Gasteiger partial charge in [0, 0.05) is 17.5 Å². The van der Waals surface area contributed by atoms with Gasteiger partial charge in [0.15, 0.2) is 6.10 Å². The molecular weight excluding hydrogens is 381 g/mol. The summed E-state index contributed by atoms with van der Waals surface area (Å²) in [5, 5.41) is 2.48. The van der Waals surface area contributed by atoms with Gasteiger partial charge in [-0.15, -0.1) is 0 Å².